The molecule has 0 radical (unpaired) electrons. The van der Waals surface area contributed by atoms with E-state index in [4.69, 9.17) is 18.9 Å². The molecule has 0 spiro atoms. The van der Waals surface area contributed by atoms with Gasteiger partial charge in [-0.15, -0.1) is 0 Å². The molecular formula is C21H22O5. The minimum Gasteiger partial charge on any atom is -0.493 e. The lowest BCUT2D eigenvalue weighted by molar-refractivity contribution is 0.104. The lowest BCUT2D eigenvalue weighted by Crippen LogP contribution is -2.15. The van der Waals surface area contributed by atoms with Gasteiger partial charge in [0.2, 0.25) is 0 Å². The molecule has 2 aromatic rings. The van der Waals surface area contributed by atoms with Crippen LogP contribution in [0.4, 0.5) is 0 Å². The molecular weight excluding hydrogens is 332 g/mol. The van der Waals surface area contributed by atoms with E-state index in [1.807, 2.05) is 25.1 Å². The van der Waals surface area contributed by atoms with Gasteiger partial charge in [-0.1, -0.05) is 19.1 Å². The fraction of sp³-hybridized carbons (Fsp3) is 0.286. The van der Waals surface area contributed by atoms with Gasteiger partial charge in [0.05, 0.1) is 13.7 Å². The Morgan fingerprint density at radius 1 is 1.08 bits per heavy atom. The van der Waals surface area contributed by atoms with Crippen LogP contribution in [-0.2, 0) is 0 Å². The summed E-state index contributed by atoms with van der Waals surface area (Å²) in [4.78, 5) is 12.4. The van der Waals surface area contributed by atoms with Gasteiger partial charge in [-0.2, -0.15) is 0 Å². The lowest BCUT2D eigenvalue weighted by Gasteiger charge is -2.18. The number of benzene rings is 2. The molecule has 1 aliphatic rings. The smallest absolute Gasteiger partial charge is 0.185 e. The van der Waals surface area contributed by atoms with E-state index >= 15 is 0 Å². The van der Waals surface area contributed by atoms with Gasteiger partial charge in [-0.25, -0.2) is 0 Å². The maximum absolute atomic E-state index is 12.4. The summed E-state index contributed by atoms with van der Waals surface area (Å²) >= 11 is 0. The second kappa shape index (κ2) is 8.43. The molecule has 0 atom stereocenters. The second-order valence-corrected chi connectivity index (χ2v) is 5.81. The van der Waals surface area contributed by atoms with Crippen molar-refractivity contribution in [1.82, 2.24) is 0 Å². The van der Waals surface area contributed by atoms with Crippen LogP contribution in [0.15, 0.2) is 42.5 Å². The Bertz CT molecular complexity index is 810. The molecule has 0 saturated heterocycles. The Balaban J connectivity index is 1.75. The number of rotatable bonds is 7. The number of methoxy groups -OCH3 is 1. The fourth-order valence-corrected chi connectivity index (χ4v) is 2.59. The monoisotopic (exact) mass is 354 g/mol. The Hall–Kier alpha value is -2.95. The van der Waals surface area contributed by atoms with Crippen LogP contribution >= 0.6 is 0 Å². The number of hydrogen-bond donors (Lipinski definition) is 0. The summed E-state index contributed by atoms with van der Waals surface area (Å²) in [5, 5.41) is 0. The van der Waals surface area contributed by atoms with Gasteiger partial charge < -0.3 is 18.9 Å². The van der Waals surface area contributed by atoms with Crippen molar-refractivity contribution in [2.24, 2.45) is 0 Å². The summed E-state index contributed by atoms with van der Waals surface area (Å²) in [5.74, 6) is 2.52. The van der Waals surface area contributed by atoms with Crippen LogP contribution in [0.3, 0.4) is 0 Å². The number of ketones is 1. The van der Waals surface area contributed by atoms with Gasteiger partial charge >= 0.3 is 0 Å². The summed E-state index contributed by atoms with van der Waals surface area (Å²) in [6.45, 7) is 3.68. The minimum atomic E-state index is -0.103. The zero-order chi connectivity index (χ0) is 18.4. The van der Waals surface area contributed by atoms with Gasteiger partial charge in [-0.05, 0) is 48.4 Å². The van der Waals surface area contributed by atoms with Crippen molar-refractivity contribution < 1.29 is 23.7 Å². The lowest BCUT2D eigenvalue weighted by atomic mass is 10.1. The van der Waals surface area contributed by atoms with Crippen molar-refractivity contribution >= 4 is 11.9 Å². The quantitative estimate of drug-likeness (QED) is 0.552. The highest BCUT2D eigenvalue weighted by Gasteiger charge is 2.13. The molecule has 0 aromatic heterocycles. The normalized spacial score (nSPS) is 12.8. The van der Waals surface area contributed by atoms with E-state index in [1.165, 1.54) is 6.08 Å². The second-order valence-electron chi connectivity index (χ2n) is 5.81. The summed E-state index contributed by atoms with van der Waals surface area (Å²) < 4.78 is 22.0. The third kappa shape index (κ3) is 4.17. The Morgan fingerprint density at radius 3 is 2.65 bits per heavy atom. The zero-order valence-electron chi connectivity index (χ0n) is 15.0. The van der Waals surface area contributed by atoms with Crippen molar-refractivity contribution in [3.8, 4) is 23.0 Å². The van der Waals surface area contributed by atoms with Gasteiger partial charge in [0.1, 0.15) is 13.2 Å². The highest BCUT2D eigenvalue weighted by molar-refractivity contribution is 6.07. The van der Waals surface area contributed by atoms with E-state index < -0.39 is 0 Å². The van der Waals surface area contributed by atoms with Crippen molar-refractivity contribution in [1.29, 1.82) is 0 Å². The topological polar surface area (TPSA) is 54.0 Å². The molecule has 0 bridgehead atoms. The van der Waals surface area contributed by atoms with Crippen LogP contribution in [-0.4, -0.2) is 32.7 Å². The first-order chi connectivity index (χ1) is 12.7. The number of fused-ring (bicyclic) bond motifs is 1. The molecule has 0 amide bonds. The predicted molar refractivity (Wildman–Crippen MR) is 99.6 cm³/mol. The first kappa shape index (κ1) is 17.9. The van der Waals surface area contributed by atoms with E-state index in [-0.39, 0.29) is 5.78 Å². The molecule has 1 heterocycles. The molecule has 2 aromatic carbocycles. The predicted octanol–water partition coefficient (Wildman–Crippen LogP) is 4.15. The van der Waals surface area contributed by atoms with E-state index in [0.29, 0.717) is 48.4 Å². The molecule has 5 heteroatoms. The molecule has 26 heavy (non-hydrogen) atoms. The van der Waals surface area contributed by atoms with Crippen molar-refractivity contribution in [2.75, 3.05) is 26.9 Å². The number of carbonyl (C=O) groups excluding carboxylic acids is 1. The highest BCUT2D eigenvalue weighted by Crippen LogP contribution is 2.31. The van der Waals surface area contributed by atoms with Crippen LogP contribution in [0.5, 0.6) is 23.0 Å². The Kier molecular flexibility index (Phi) is 5.79. The standard InChI is InChI=1S/C21H22O5/c1-3-10-24-20-13-15(5-8-18(20)23-2)4-7-17(22)16-6-9-19-21(14-16)26-12-11-25-19/h4-9,13-14H,3,10-12H2,1-2H3. The van der Waals surface area contributed by atoms with Crippen molar-refractivity contribution in [2.45, 2.75) is 13.3 Å². The highest BCUT2D eigenvalue weighted by atomic mass is 16.6. The molecule has 0 fully saturated rings. The summed E-state index contributed by atoms with van der Waals surface area (Å²) in [6, 6.07) is 10.8. The van der Waals surface area contributed by atoms with Crippen molar-refractivity contribution in [3.05, 3.63) is 53.6 Å². The molecule has 3 rings (SSSR count). The maximum atomic E-state index is 12.4. The summed E-state index contributed by atoms with van der Waals surface area (Å²) in [7, 11) is 1.61. The van der Waals surface area contributed by atoms with Gasteiger partial charge in [0.15, 0.2) is 28.8 Å². The van der Waals surface area contributed by atoms with E-state index in [9.17, 15) is 4.79 Å². The molecule has 0 saturated carbocycles. The first-order valence-electron chi connectivity index (χ1n) is 8.64. The number of carbonyl (C=O) groups is 1. The number of allylic oxidation sites excluding steroid dienone is 1. The van der Waals surface area contributed by atoms with Gasteiger partial charge in [-0.3, -0.25) is 4.79 Å². The molecule has 0 N–H and O–H groups in total. The maximum Gasteiger partial charge on any atom is 0.185 e. The molecule has 136 valence electrons. The Morgan fingerprint density at radius 2 is 1.88 bits per heavy atom. The van der Waals surface area contributed by atoms with E-state index in [0.717, 1.165) is 12.0 Å². The first-order valence-corrected chi connectivity index (χ1v) is 8.64. The Labute approximate surface area is 153 Å². The SMILES string of the molecule is CCCOc1cc(C=CC(=O)c2ccc3c(c2)OCCO3)ccc1OC. The van der Waals surface area contributed by atoms with Crippen LogP contribution in [0, 0.1) is 0 Å². The van der Waals surface area contributed by atoms with Gasteiger partial charge in [0.25, 0.3) is 0 Å². The molecule has 1 aliphatic heterocycles. The minimum absolute atomic E-state index is 0.103. The third-order valence-corrected chi connectivity index (χ3v) is 3.90. The van der Waals surface area contributed by atoms with Crippen LogP contribution < -0.4 is 18.9 Å². The van der Waals surface area contributed by atoms with Crippen molar-refractivity contribution in [3.63, 3.8) is 0 Å². The number of hydrogen-bond acceptors (Lipinski definition) is 5. The fourth-order valence-electron chi connectivity index (χ4n) is 2.59. The van der Waals surface area contributed by atoms with Crippen LogP contribution in [0.2, 0.25) is 0 Å². The average Bonchev–Trinajstić information content (AvgIpc) is 2.70. The van der Waals surface area contributed by atoms with Crippen LogP contribution in [0.25, 0.3) is 6.08 Å². The zero-order valence-corrected chi connectivity index (χ0v) is 15.0. The average molecular weight is 354 g/mol. The largest absolute Gasteiger partial charge is 0.493 e. The third-order valence-electron chi connectivity index (χ3n) is 3.90. The molecule has 0 unspecified atom stereocenters. The molecule has 0 aliphatic carbocycles. The van der Waals surface area contributed by atoms with E-state index in [2.05, 4.69) is 0 Å². The number of ether oxygens (including phenoxy) is 4. The van der Waals surface area contributed by atoms with Crippen LogP contribution in [0.1, 0.15) is 29.3 Å². The molecule has 5 nitrogen and oxygen atoms in total. The van der Waals surface area contributed by atoms with Gasteiger partial charge in [0, 0.05) is 5.56 Å². The summed E-state index contributed by atoms with van der Waals surface area (Å²) in [5.41, 5.74) is 1.42. The van der Waals surface area contributed by atoms with E-state index in [1.54, 1.807) is 31.4 Å². The summed E-state index contributed by atoms with van der Waals surface area (Å²) in [6.07, 6.45) is 4.21.